The zero-order chi connectivity index (χ0) is 12.5. The van der Waals surface area contributed by atoms with E-state index in [1.807, 2.05) is 0 Å². The number of carbonyl (C=O) groups excluding carboxylic acids is 1. The van der Waals surface area contributed by atoms with Gasteiger partial charge in [-0.1, -0.05) is 6.58 Å². The molecule has 17 heavy (non-hydrogen) atoms. The van der Waals surface area contributed by atoms with Gasteiger partial charge in [0.05, 0.1) is 12.9 Å². The molecular weight excluding hydrogens is 216 g/mol. The Kier molecular flexibility index (Phi) is 6.70. The van der Waals surface area contributed by atoms with Crippen molar-refractivity contribution >= 4 is 5.91 Å². The maximum atomic E-state index is 11.8. The number of rotatable bonds is 7. The molecule has 1 rings (SSSR count). The minimum absolute atomic E-state index is 0.193. The summed E-state index contributed by atoms with van der Waals surface area (Å²) in [7, 11) is 0. The van der Waals surface area contributed by atoms with Crippen molar-refractivity contribution in [3.63, 3.8) is 0 Å². The molecule has 0 atom stereocenters. The molecule has 0 unspecified atom stereocenters. The summed E-state index contributed by atoms with van der Waals surface area (Å²) in [6.45, 7) is 5.52. The van der Waals surface area contributed by atoms with Crippen LogP contribution in [0.3, 0.4) is 0 Å². The molecule has 1 amide bonds. The highest BCUT2D eigenvalue weighted by Gasteiger charge is 2.25. The first-order valence-corrected chi connectivity index (χ1v) is 6.48. The van der Waals surface area contributed by atoms with Gasteiger partial charge in [-0.2, -0.15) is 0 Å². The molecule has 0 heterocycles. The Labute approximate surface area is 104 Å². The fourth-order valence-electron chi connectivity index (χ4n) is 2.26. The van der Waals surface area contributed by atoms with Crippen molar-refractivity contribution in [2.24, 2.45) is 17.6 Å². The van der Waals surface area contributed by atoms with E-state index in [0.717, 1.165) is 38.6 Å². The maximum absolute atomic E-state index is 11.8. The molecule has 0 aromatic rings. The van der Waals surface area contributed by atoms with Gasteiger partial charge in [-0.15, -0.1) is 0 Å². The lowest BCUT2D eigenvalue weighted by Crippen LogP contribution is -2.35. The maximum Gasteiger partial charge on any atom is 0.223 e. The van der Waals surface area contributed by atoms with Crippen LogP contribution in [0.25, 0.3) is 0 Å². The Hall–Kier alpha value is -1.03. The first kappa shape index (κ1) is 14.0. The Bertz CT molecular complexity index is 236. The fraction of sp³-hybridized carbons (Fsp3) is 0.769. The summed E-state index contributed by atoms with van der Waals surface area (Å²) in [5.74, 6) is 1.01. The monoisotopic (exact) mass is 240 g/mol. The summed E-state index contributed by atoms with van der Waals surface area (Å²) >= 11 is 0. The summed E-state index contributed by atoms with van der Waals surface area (Å²) in [6, 6.07) is 0. The van der Waals surface area contributed by atoms with Crippen molar-refractivity contribution in [1.29, 1.82) is 0 Å². The molecule has 3 N–H and O–H groups in total. The van der Waals surface area contributed by atoms with Crippen LogP contribution in [0.1, 0.15) is 32.1 Å². The molecule has 1 saturated carbocycles. The number of hydrogen-bond acceptors (Lipinski definition) is 3. The second-order valence-corrected chi connectivity index (χ2v) is 4.64. The lowest BCUT2D eigenvalue weighted by molar-refractivity contribution is -0.126. The highest BCUT2D eigenvalue weighted by molar-refractivity contribution is 5.78. The van der Waals surface area contributed by atoms with E-state index in [1.165, 1.54) is 6.26 Å². The molecule has 4 nitrogen and oxygen atoms in total. The number of nitrogens with one attached hydrogen (secondary N) is 1. The molecule has 0 radical (unpaired) electrons. The van der Waals surface area contributed by atoms with E-state index in [9.17, 15) is 4.79 Å². The third-order valence-corrected chi connectivity index (χ3v) is 3.41. The van der Waals surface area contributed by atoms with Crippen LogP contribution < -0.4 is 11.1 Å². The summed E-state index contributed by atoms with van der Waals surface area (Å²) in [5.41, 5.74) is 5.63. The van der Waals surface area contributed by atoms with Crippen molar-refractivity contribution in [3.05, 3.63) is 12.8 Å². The standard InChI is InChI=1S/C13H24N2O2/c1-2-17-9-3-8-15-13(16)12-6-4-11(10-14)5-7-12/h2,11-12H,1,3-10,14H2,(H,15,16). The molecule has 1 aliphatic carbocycles. The van der Waals surface area contributed by atoms with E-state index in [0.29, 0.717) is 19.1 Å². The molecule has 4 heteroatoms. The fourth-order valence-corrected chi connectivity index (χ4v) is 2.26. The first-order valence-electron chi connectivity index (χ1n) is 6.48. The molecule has 1 aliphatic rings. The number of amides is 1. The van der Waals surface area contributed by atoms with Crippen molar-refractivity contribution in [2.75, 3.05) is 19.7 Å². The zero-order valence-corrected chi connectivity index (χ0v) is 10.5. The van der Waals surface area contributed by atoms with Crippen LogP contribution in [0.15, 0.2) is 12.8 Å². The van der Waals surface area contributed by atoms with Crippen LogP contribution >= 0.6 is 0 Å². The first-order chi connectivity index (χ1) is 8.27. The predicted octanol–water partition coefficient (Wildman–Crippen LogP) is 1.42. The van der Waals surface area contributed by atoms with Crippen LogP contribution in [0.4, 0.5) is 0 Å². The summed E-state index contributed by atoms with van der Waals surface area (Å²) < 4.78 is 4.99. The van der Waals surface area contributed by atoms with Crippen LogP contribution in [0, 0.1) is 11.8 Å². The zero-order valence-electron chi connectivity index (χ0n) is 10.5. The quantitative estimate of drug-likeness (QED) is 0.522. The molecular formula is C13H24N2O2. The Morgan fingerprint density at radius 1 is 1.41 bits per heavy atom. The van der Waals surface area contributed by atoms with Crippen molar-refractivity contribution in [3.8, 4) is 0 Å². The second kappa shape index (κ2) is 8.12. The number of nitrogens with two attached hydrogens (primary N) is 1. The topological polar surface area (TPSA) is 64.3 Å². The molecule has 0 aromatic carbocycles. The van der Waals surface area contributed by atoms with E-state index in [2.05, 4.69) is 11.9 Å². The molecule has 1 fully saturated rings. The minimum atomic E-state index is 0.193. The van der Waals surface area contributed by atoms with Gasteiger partial charge in [-0.3, -0.25) is 4.79 Å². The lowest BCUT2D eigenvalue weighted by atomic mass is 9.81. The van der Waals surface area contributed by atoms with Crippen LogP contribution in [0.5, 0.6) is 0 Å². The lowest BCUT2D eigenvalue weighted by Gasteiger charge is -2.26. The van der Waals surface area contributed by atoms with Crippen molar-refractivity contribution in [1.82, 2.24) is 5.32 Å². The Balaban J connectivity index is 2.09. The summed E-state index contributed by atoms with van der Waals surface area (Å²) in [4.78, 5) is 11.8. The molecule has 0 aromatic heterocycles. The third kappa shape index (κ3) is 5.22. The van der Waals surface area contributed by atoms with E-state index >= 15 is 0 Å². The van der Waals surface area contributed by atoms with Gasteiger partial charge in [0.2, 0.25) is 5.91 Å². The average molecular weight is 240 g/mol. The van der Waals surface area contributed by atoms with Gasteiger partial charge in [0.25, 0.3) is 0 Å². The summed E-state index contributed by atoms with van der Waals surface area (Å²) in [5, 5.41) is 2.96. The van der Waals surface area contributed by atoms with E-state index in [4.69, 9.17) is 10.5 Å². The highest BCUT2D eigenvalue weighted by Crippen LogP contribution is 2.27. The van der Waals surface area contributed by atoms with Crippen molar-refractivity contribution < 1.29 is 9.53 Å². The van der Waals surface area contributed by atoms with Gasteiger partial charge in [-0.25, -0.2) is 0 Å². The molecule has 0 saturated heterocycles. The largest absolute Gasteiger partial charge is 0.502 e. The number of carbonyl (C=O) groups is 1. The molecule has 0 aliphatic heterocycles. The van der Waals surface area contributed by atoms with Gasteiger partial charge in [-0.05, 0) is 44.6 Å². The predicted molar refractivity (Wildman–Crippen MR) is 68.3 cm³/mol. The van der Waals surface area contributed by atoms with Gasteiger partial charge >= 0.3 is 0 Å². The molecule has 0 bridgehead atoms. The van der Waals surface area contributed by atoms with Crippen molar-refractivity contribution in [2.45, 2.75) is 32.1 Å². The van der Waals surface area contributed by atoms with E-state index in [-0.39, 0.29) is 11.8 Å². The minimum Gasteiger partial charge on any atom is -0.502 e. The highest BCUT2D eigenvalue weighted by atomic mass is 16.5. The van der Waals surface area contributed by atoms with Gasteiger partial charge in [0.1, 0.15) is 0 Å². The van der Waals surface area contributed by atoms with E-state index < -0.39 is 0 Å². The van der Waals surface area contributed by atoms with E-state index in [1.54, 1.807) is 0 Å². The smallest absolute Gasteiger partial charge is 0.223 e. The normalized spacial score (nSPS) is 24.1. The van der Waals surface area contributed by atoms with Gasteiger partial charge < -0.3 is 15.8 Å². The Morgan fingerprint density at radius 3 is 2.71 bits per heavy atom. The summed E-state index contributed by atoms with van der Waals surface area (Å²) in [6.07, 6.45) is 6.40. The third-order valence-electron chi connectivity index (χ3n) is 3.41. The molecule has 98 valence electrons. The Morgan fingerprint density at radius 2 is 2.12 bits per heavy atom. The van der Waals surface area contributed by atoms with Gasteiger partial charge in [0.15, 0.2) is 0 Å². The number of ether oxygens (including phenoxy) is 1. The average Bonchev–Trinajstić information content (AvgIpc) is 2.38. The van der Waals surface area contributed by atoms with Crippen LogP contribution in [-0.2, 0) is 9.53 Å². The SMILES string of the molecule is C=COCCCNC(=O)C1CCC(CN)CC1. The second-order valence-electron chi connectivity index (χ2n) is 4.64. The van der Waals surface area contributed by atoms with Crippen LogP contribution in [-0.4, -0.2) is 25.6 Å². The van der Waals surface area contributed by atoms with Crippen LogP contribution in [0.2, 0.25) is 0 Å². The van der Waals surface area contributed by atoms with Gasteiger partial charge in [0, 0.05) is 12.5 Å². The molecule has 0 spiro atoms. The number of hydrogen-bond donors (Lipinski definition) is 2.